The zero-order valence-electron chi connectivity index (χ0n) is 8.28. The molecule has 7 nitrogen and oxygen atoms in total. The fourth-order valence-electron chi connectivity index (χ4n) is 1.13. The normalized spacial score (nSPS) is 12.0. The monoisotopic (exact) mass is 222 g/mol. The number of allylic oxidation sites excluding steroid dienone is 1. The summed E-state index contributed by atoms with van der Waals surface area (Å²) in [6, 6.07) is 1.65. The number of hydrogen-bond acceptors (Lipinski definition) is 4. The minimum absolute atomic E-state index is 0.250. The van der Waals surface area contributed by atoms with E-state index >= 15 is 0 Å². The van der Waals surface area contributed by atoms with Crippen LogP contribution < -0.4 is 5.73 Å². The SMILES string of the molecule is NC(=O)c1cc2n(n1)C=CC=NC2.O=CO. The van der Waals surface area contributed by atoms with Crippen LogP contribution >= 0.6 is 0 Å². The molecule has 0 bridgehead atoms. The average Bonchev–Trinajstić information content (AvgIpc) is 2.52. The first-order valence-corrected chi connectivity index (χ1v) is 4.31. The van der Waals surface area contributed by atoms with Crippen molar-refractivity contribution in [1.29, 1.82) is 0 Å². The molecule has 84 valence electrons. The van der Waals surface area contributed by atoms with Gasteiger partial charge in [0.25, 0.3) is 12.4 Å². The Morgan fingerprint density at radius 1 is 1.62 bits per heavy atom. The van der Waals surface area contributed by atoms with Gasteiger partial charge < -0.3 is 10.8 Å². The van der Waals surface area contributed by atoms with E-state index in [0.29, 0.717) is 6.54 Å². The highest BCUT2D eigenvalue weighted by atomic mass is 16.3. The Morgan fingerprint density at radius 2 is 2.31 bits per heavy atom. The third-order valence-corrected chi connectivity index (χ3v) is 1.74. The smallest absolute Gasteiger partial charge is 0.290 e. The van der Waals surface area contributed by atoms with E-state index in [0.717, 1.165) is 5.69 Å². The van der Waals surface area contributed by atoms with Crippen molar-refractivity contribution < 1.29 is 14.7 Å². The van der Waals surface area contributed by atoms with Gasteiger partial charge in [0.05, 0.1) is 12.2 Å². The number of rotatable bonds is 1. The summed E-state index contributed by atoms with van der Waals surface area (Å²) < 4.78 is 1.60. The number of nitrogens with two attached hydrogens (primary N) is 1. The van der Waals surface area contributed by atoms with Gasteiger partial charge in [-0.25, -0.2) is 4.68 Å². The number of aliphatic imine (C=N–C) groups is 1. The van der Waals surface area contributed by atoms with Crippen LogP contribution in [0.2, 0.25) is 0 Å². The molecular weight excluding hydrogens is 212 g/mol. The van der Waals surface area contributed by atoms with Gasteiger partial charge in [-0.2, -0.15) is 5.10 Å². The number of primary amides is 1. The number of aromatic nitrogens is 2. The molecule has 16 heavy (non-hydrogen) atoms. The molecule has 0 spiro atoms. The zero-order chi connectivity index (χ0) is 12.0. The quantitative estimate of drug-likeness (QED) is 0.637. The first-order chi connectivity index (χ1) is 7.69. The van der Waals surface area contributed by atoms with E-state index in [4.69, 9.17) is 15.6 Å². The molecule has 0 atom stereocenters. The van der Waals surface area contributed by atoms with Crippen LogP contribution in [0, 0.1) is 0 Å². The number of carboxylic acid groups (broad SMARTS) is 1. The molecule has 0 radical (unpaired) electrons. The maximum absolute atomic E-state index is 10.8. The van der Waals surface area contributed by atoms with E-state index in [1.807, 2.05) is 0 Å². The number of carbonyl (C=O) groups excluding carboxylic acids is 1. The van der Waals surface area contributed by atoms with Crippen molar-refractivity contribution in [2.45, 2.75) is 6.54 Å². The molecule has 7 heteroatoms. The molecule has 0 saturated heterocycles. The lowest BCUT2D eigenvalue weighted by molar-refractivity contribution is -0.122. The lowest BCUT2D eigenvalue weighted by atomic mass is 10.3. The van der Waals surface area contributed by atoms with Gasteiger partial charge >= 0.3 is 0 Å². The first-order valence-electron chi connectivity index (χ1n) is 4.31. The number of amides is 1. The van der Waals surface area contributed by atoms with Crippen molar-refractivity contribution in [2.75, 3.05) is 0 Å². The Balaban J connectivity index is 0.000000386. The summed E-state index contributed by atoms with van der Waals surface area (Å²) in [6.45, 7) is 0.271. The maximum atomic E-state index is 10.8. The van der Waals surface area contributed by atoms with Crippen molar-refractivity contribution in [3.8, 4) is 0 Å². The molecule has 0 aromatic carbocycles. The molecule has 0 unspecified atom stereocenters. The Morgan fingerprint density at radius 3 is 2.94 bits per heavy atom. The van der Waals surface area contributed by atoms with Crippen molar-refractivity contribution in [1.82, 2.24) is 9.78 Å². The minimum atomic E-state index is -0.516. The Labute approximate surface area is 90.9 Å². The Hall–Kier alpha value is -2.44. The van der Waals surface area contributed by atoms with E-state index in [-0.39, 0.29) is 12.2 Å². The van der Waals surface area contributed by atoms with Gasteiger partial charge in [-0.15, -0.1) is 0 Å². The minimum Gasteiger partial charge on any atom is -0.483 e. The van der Waals surface area contributed by atoms with Crippen molar-refractivity contribution in [3.05, 3.63) is 23.5 Å². The van der Waals surface area contributed by atoms with Crippen molar-refractivity contribution in [3.63, 3.8) is 0 Å². The number of fused-ring (bicyclic) bond motifs is 1. The van der Waals surface area contributed by atoms with Crippen LogP contribution in [0.15, 0.2) is 17.1 Å². The van der Waals surface area contributed by atoms with Crippen LogP contribution in [0.25, 0.3) is 6.20 Å². The van der Waals surface area contributed by atoms with Crippen molar-refractivity contribution >= 4 is 24.8 Å². The van der Waals surface area contributed by atoms with Crippen LogP contribution in [-0.4, -0.2) is 33.5 Å². The third kappa shape index (κ3) is 2.77. The van der Waals surface area contributed by atoms with E-state index < -0.39 is 5.91 Å². The van der Waals surface area contributed by atoms with Crippen LogP contribution in [0.5, 0.6) is 0 Å². The van der Waals surface area contributed by atoms with E-state index in [9.17, 15) is 4.79 Å². The molecule has 3 N–H and O–H groups in total. The predicted octanol–water partition coefficient (Wildman–Crippen LogP) is -0.262. The molecule has 0 fully saturated rings. The van der Waals surface area contributed by atoms with Gasteiger partial charge in [-0.3, -0.25) is 14.6 Å². The summed E-state index contributed by atoms with van der Waals surface area (Å²) in [5.41, 5.74) is 6.22. The molecule has 2 heterocycles. The molecule has 1 aliphatic heterocycles. The largest absolute Gasteiger partial charge is 0.483 e. The summed E-state index contributed by atoms with van der Waals surface area (Å²) in [4.78, 5) is 23.2. The summed E-state index contributed by atoms with van der Waals surface area (Å²) >= 11 is 0. The van der Waals surface area contributed by atoms with Crippen LogP contribution in [0.3, 0.4) is 0 Å². The second kappa shape index (κ2) is 5.44. The van der Waals surface area contributed by atoms with Crippen LogP contribution in [0.1, 0.15) is 16.2 Å². The fourth-order valence-corrected chi connectivity index (χ4v) is 1.13. The second-order valence-corrected chi connectivity index (χ2v) is 2.77. The van der Waals surface area contributed by atoms with E-state index in [1.165, 1.54) is 0 Å². The Bertz CT molecular complexity index is 448. The first kappa shape index (κ1) is 11.6. The van der Waals surface area contributed by atoms with Gasteiger partial charge in [0, 0.05) is 12.4 Å². The zero-order valence-corrected chi connectivity index (χ0v) is 8.28. The number of hydrogen-bond donors (Lipinski definition) is 2. The lowest BCUT2D eigenvalue weighted by Gasteiger charge is -1.93. The predicted molar refractivity (Wildman–Crippen MR) is 57.0 cm³/mol. The van der Waals surface area contributed by atoms with Crippen LogP contribution in [0.4, 0.5) is 0 Å². The highest BCUT2D eigenvalue weighted by molar-refractivity contribution is 5.91. The third-order valence-electron chi connectivity index (χ3n) is 1.74. The summed E-state index contributed by atoms with van der Waals surface area (Å²) in [7, 11) is 0. The Kier molecular flexibility index (Phi) is 3.96. The molecule has 0 aliphatic carbocycles. The number of nitrogens with zero attached hydrogens (tertiary/aromatic N) is 3. The van der Waals surface area contributed by atoms with E-state index in [1.54, 1.807) is 29.2 Å². The standard InChI is InChI=1S/C8H8N4O.CH2O2/c9-8(13)7-4-6-5-10-2-1-3-12(6)11-7;2-1-3/h1-4H,5H2,(H2,9,13);1H,(H,2,3). The van der Waals surface area contributed by atoms with Gasteiger partial charge in [0.1, 0.15) is 0 Å². The molecule has 1 aromatic heterocycles. The van der Waals surface area contributed by atoms with Gasteiger partial charge in [-0.05, 0) is 12.1 Å². The number of carbonyl (C=O) groups is 2. The molecule has 0 saturated carbocycles. The molecule has 2 rings (SSSR count). The topological polar surface area (TPSA) is 111 Å². The second-order valence-electron chi connectivity index (χ2n) is 2.77. The lowest BCUT2D eigenvalue weighted by Crippen LogP contribution is -2.11. The van der Waals surface area contributed by atoms with Gasteiger partial charge in [-0.1, -0.05) is 0 Å². The highest BCUT2D eigenvalue weighted by Crippen LogP contribution is 2.07. The van der Waals surface area contributed by atoms with Crippen LogP contribution in [-0.2, 0) is 11.3 Å². The molecule has 1 amide bonds. The summed E-state index contributed by atoms with van der Waals surface area (Å²) in [5.74, 6) is -0.516. The fraction of sp³-hybridized carbons (Fsp3) is 0.111. The molecular formula is C9H10N4O3. The van der Waals surface area contributed by atoms with Gasteiger partial charge in [0.2, 0.25) is 0 Å². The van der Waals surface area contributed by atoms with Gasteiger partial charge in [0.15, 0.2) is 5.69 Å². The van der Waals surface area contributed by atoms with Crippen molar-refractivity contribution in [2.24, 2.45) is 10.7 Å². The average molecular weight is 222 g/mol. The maximum Gasteiger partial charge on any atom is 0.290 e. The molecule has 1 aliphatic rings. The van der Waals surface area contributed by atoms with E-state index in [2.05, 4.69) is 10.1 Å². The highest BCUT2D eigenvalue weighted by Gasteiger charge is 2.10. The summed E-state index contributed by atoms with van der Waals surface area (Å²) in [6.07, 6.45) is 5.19. The summed E-state index contributed by atoms with van der Waals surface area (Å²) in [5, 5.41) is 10.9. The molecule has 1 aromatic rings.